The molecule has 7 heteroatoms. The van der Waals surface area contributed by atoms with Crippen LogP contribution in [-0.2, 0) is 0 Å². The Hall–Kier alpha value is -2.83. The van der Waals surface area contributed by atoms with Crippen molar-refractivity contribution in [2.75, 3.05) is 6.54 Å². The summed E-state index contributed by atoms with van der Waals surface area (Å²) in [6, 6.07) is 3.28. The predicted molar refractivity (Wildman–Crippen MR) is 115 cm³/mol. The van der Waals surface area contributed by atoms with Gasteiger partial charge in [-0.15, -0.1) is 0 Å². The van der Waals surface area contributed by atoms with Crippen molar-refractivity contribution in [1.82, 2.24) is 24.5 Å². The SMILES string of the molecule is Cc1cn2nc([C@@H]3CCCCN3C(=O)c3ccncc3F)cc2nc1C1CC[C@H](C)C1. The lowest BCUT2D eigenvalue weighted by atomic mass is 9.98. The van der Waals surface area contributed by atoms with Gasteiger partial charge in [-0.3, -0.25) is 9.78 Å². The average Bonchev–Trinajstić information content (AvgIpc) is 3.38. The number of pyridine rings is 1. The van der Waals surface area contributed by atoms with Gasteiger partial charge < -0.3 is 4.90 Å². The van der Waals surface area contributed by atoms with E-state index in [1.54, 1.807) is 4.90 Å². The zero-order valence-electron chi connectivity index (χ0n) is 18.1. The monoisotopic (exact) mass is 421 g/mol. The molecular formula is C24H28FN5O. The number of carbonyl (C=O) groups is 1. The van der Waals surface area contributed by atoms with E-state index < -0.39 is 5.82 Å². The van der Waals surface area contributed by atoms with Crippen molar-refractivity contribution < 1.29 is 9.18 Å². The van der Waals surface area contributed by atoms with Crippen LogP contribution in [0.5, 0.6) is 0 Å². The largest absolute Gasteiger partial charge is 0.330 e. The van der Waals surface area contributed by atoms with Gasteiger partial charge in [-0.05, 0) is 56.6 Å². The number of fused-ring (bicyclic) bond motifs is 1. The number of aromatic nitrogens is 4. The Morgan fingerprint density at radius 3 is 2.87 bits per heavy atom. The first-order valence-electron chi connectivity index (χ1n) is 11.3. The number of rotatable bonds is 3. The van der Waals surface area contributed by atoms with Crippen LogP contribution in [0.25, 0.3) is 5.65 Å². The van der Waals surface area contributed by atoms with Gasteiger partial charge in [0.25, 0.3) is 5.91 Å². The fourth-order valence-electron chi connectivity index (χ4n) is 5.26. The Balaban J connectivity index is 1.48. The van der Waals surface area contributed by atoms with E-state index in [4.69, 9.17) is 10.1 Å². The van der Waals surface area contributed by atoms with E-state index >= 15 is 0 Å². The lowest BCUT2D eigenvalue weighted by molar-refractivity contribution is 0.0600. The minimum atomic E-state index is -0.584. The lowest BCUT2D eigenvalue weighted by Gasteiger charge is -2.34. The van der Waals surface area contributed by atoms with Crippen molar-refractivity contribution in [3.8, 4) is 0 Å². The molecule has 162 valence electrons. The topological polar surface area (TPSA) is 63.4 Å². The molecule has 2 aliphatic rings. The third-order valence-corrected chi connectivity index (χ3v) is 6.88. The normalized spacial score (nSPS) is 24.1. The van der Waals surface area contributed by atoms with Crippen LogP contribution in [0.2, 0.25) is 0 Å². The van der Waals surface area contributed by atoms with Gasteiger partial charge in [0.05, 0.1) is 29.2 Å². The molecule has 2 fully saturated rings. The van der Waals surface area contributed by atoms with E-state index in [2.05, 4.69) is 25.0 Å². The standard InChI is InChI=1S/C24H28FN5O/c1-15-6-7-17(11-15)23-16(2)14-30-22(27-23)12-20(28-30)21-5-3-4-10-29(21)24(31)18-8-9-26-13-19(18)25/h8-9,12-15,17,21H,3-7,10-11H2,1-2H3/t15-,17?,21-/m0/s1. The van der Waals surface area contributed by atoms with Gasteiger partial charge in [0.1, 0.15) is 0 Å². The van der Waals surface area contributed by atoms with Gasteiger partial charge in [0.2, 0.25) is 0 Å². The van der Waals surface area contributed by atoms with Crippen molar-refractivity contribution in [3.05, 3.63) is 59.1 Å². The Labute approximate surface area is 181 Å². The number of carbonyl (C=O) groups excluding carboxylic acids is 1. The number of halogens is 1. The predicted octanol–water partition coefficient (Wildman–Crippen LogP) is 4.84. The van der Waals surface area contributed by atoms with E-state index in [0.717, 1.165) is 48.3 Å². The van der Waals surface area contributed by atoms with E-state index in [9.17, 15) is 9.18 Å². The van der Waals surface area contributed by atoms with Gasteiger partial charge in [-0.2, -0.15) is 5.10 Å². The molecule has 1 aliphatic heterocycles. The van der Waals surface area contributed by atoms with Crippen molar-refractivity contribution >= 4 is 11.6 Å². The first-order valence-corrected chi connectivity index (χ1v) is 11.3. The van der Waals surface area contributed by atoms with Gasteiger partial charge in [0.15, 0.2) is 11.5 Å². The molecule has 0 spiro atoms. The minimum Gasteiger partial charge on any atom is -0.330 e. The molecule has 31 heavy (non-hydrogen) atoms. The third kappa shape index (κ3) is 3.70. The molecule has 1 aliphatic carbocycles. The Bertz CT molecular complexity index is 1130. The van der Waals surface area contributed by atoms with E-state index in [-0.39, 0.29) is 17.5 Å². The second kappa shape index (κ2) is 8.02. The maximum Gasteiger partial charge on any atom is 0.257 e. The van der Waals surface area contributed by atoms with Crippen LogP contribution < -0.4 is 0 Å². The number of aryl methyl sites for hydroxylation is 1. The Morgan fingerprint density at radius 1 is 1.23 bits per heavy atom. The maximum absolute atomic E-state index is 14.2. The summed E-state index contributed by atoms with van der Waals surface area (Å²) in [4.78, 5) is 23.6. The second-order valence-electron chi connectivity index (χ2n) is 9.16. The highest BCUT2D eigenvalue weighted by atomic mass is 19.1. The second-order valence-corrected chi connectivity index (χ2v) is 9.16. The lowest BCUT2D eigenvalue weighted by Crippen LogP contribution is -2.39. The number of piperidine rings is 1. The highest BCUT2D eigenvalue weighted by molar-refractivity contribution is 5.94. The number of hydrogen-bond donors (Lipinski definition) is 0. The molecular weight excluding hydrogens is 393 g/mol. The number of likely N-dealkylation sites (tertiary alicyclic amines) is 1. The zero-order valence-corrected chi connectivity index (χ0v) is 18.1. The van der Waals surface area contributed by atoms with Gasteiger partial charge in [-0.1, -0.05) is 13.3 Å². The van der Waals surface area contributed by atoms with E-state index in [0.29, 0.717) is 12.5 Å². The summed E-state index contributed by atoms with van der Waals surface area (Å²) in [5, 5.41) is 4.78. The highest BCUT2D eigenvalue weighted by Crippen LogP contribution is 2.39. The van der Waals surface area contributed by atoms with Crippen LogP contribution in [-0.4, -0.2) is 36.9 Å². The van der Waals surface area contributed by atoms with Crippen molar-refractivity contribution in [2.45, 2.75) is 64.3 Å². The van der Waals surface area contributed by atoms with Crippen molar-refractivity contribution in [3.63, 3.8) is 0 Å². The van der Waals surface area contributed by atoms with Crippen LogP contribution in [0, 0.1) is 18.7 Å². The van der Waals surface area contributed by atoms with Crippen LogP contribution in [0.3, 0.4) is 0 Å². The molecule has 4 heterocycles. The first kappa shape index (κ1) is 20.1. The molecule has 3 atom stereocenters. The Morgan fingerprint density at radius 2 is 2.10 bits per heavy atom. The van der Waals surface area contributed by atoms with Crippen LogP contribution >= 0.6 is 0 Å². The summed E-state index contributed by atoms with van der Waals surface area (Å²) in [7, 11) is 0. The molecule has 0 N–H and O–H groups in total. The fourth-order valence-corrected chi connectivity index (χ4v) is 5.26. The van der Waals surface area contributed by atoms with E-state index in [1.807, 2.05) is 10.6 Å². The van der Waals surface area contributed by atoms with Crippen LogP contribution in [0.1, 0.15) is 84.7 Å². The molecule has 5 rings (SSSR count). The summed E-state index contributed by atoms with van der Waals surface area (Å²) >= 11 is 0. The molecule has 1 unspecified atom stereocenters. The number of amides is 1. The summed E-state index contributed by atoms with van der Waals surface area (Å²) in [5.41, 5.74) is 4.06. The molecule has 0 radical (unpaired) electrons. The summed E-state index contributed by atoms with van der Waals surface area (Å²) in [5.74, 6) is 0.380. The van der Waals surface area contributed by atoms with Gasteiger partial charge in [0, 0.05) is 30.9 Å². The van der Waals surface area contributed by atoms with Crippen molar-refractivity contribution in [1.29, 1.82) is 0 Å². The quantitative estimate of drug-likeness (QED) is 0.607. The number of nitrogens with zero attached hydrogens (tertiary/aromatic N) is 5. The molecule has 6 nitrogen and oxygen atoms in total. The molecule has 1 saturated carbocycles. The molecule has 1 amide bonds. The highest BCUT2D eigenvalue weighted by Gasteiger charge is 2.32. The van der Waals surface area contributed by atoms with Gasteiger partial charge in [-0.25, -0.2) is 13.9 Å². The first-order chi connectivity index (χ1) is 15.0. The van der Waals surface area contributed by atoms with Gasteiger partial charge >= 0.3 is 0 Å². The zero-order chi connectivity index (χ0) is 21.5. The average molecular weight is 422 g/mol. The third-order valence-electron chi connectivity index (χ3n) is 6.88. The molecule has 0 bridgehead atoms. The molecule has 0 aromatic carbocycles. The fraction of sp³-hybridized carbons (Fsp3) is 0.500. The maximum atomic E-state index is 14.2. The van der Waals surface area contributed by atoms with E-state index in [1.165, 1.54) is 37.2 Å². The summed E-state index contributed by atoms with van der Waals surface area (Å²) < 4.78 is 16.0. The summed E-state index contributed by atoms with van der Waals surface area (Å²) in [6.07, 6.45) is 11.0. The van der Waals surface area contributed by atoms with Crippen LogP contribution in [0.4, 0.5) is 4.39 Å². The Kier molecular flexibility index (Phi) is 5.20. The van der Waals surface area contributed by atoms with Crippen LogP contribution in [0.15, 0.2) is 30.7 Å². The van der Waals surface area contributed by atoms with Crippen molar-refractivity contribution in [2.24, 2.45) is 5.92 Å². The summed E-state index contributed by atoms with van der Waals surface area (Å²) in [6.45, 7) is 5.01. The molecule has 3 aromatic heterocycles. The smallest absolute Gasteiger partial charge is 0.257 e. The minimum absolute atomic E-state index is 0.0669. The number of hydrogen-bond acceptors (Lipinski definition) is 4. The molecule has 1 saturated heterocycles. The molecule has 3 aromatic rings.